The van der Waals surface area contributed by atoms with Crippen molar-refractivity contribution in [2.75, 3.05) is 0 Å². The van der Waals surface area contributed by atoms with E-state index in [0.717, 1.165) is 0 Å². The van der Waals surface area contributed by atoms with E-state index in [2.05, 4.69) is 0 Å². The Morgan fingerprint density at radius 1 is 1.09 bits per heavy atom. The summed E-state index contributed by atoms with van der Waals surface area (Å²) in [4.78, 5) is 23.3. The largest absolute Gasteiger partial charge is 0.427 e. The first-order valence-electron chi connectivity index (χ1n) is 6.66. The number of benzene rings is 2. The van der Waals surface area contributed by atoms with Crippen LogP contribution in [0.4, 0.5) is 0 Å². The number of carbonyl (C=O) groups excluding carboxylic acids is 1. The summed E-state index contributed by atoms with van der Waals surface area (Å²) < 4.78 is 10.3. The standard InChI is InChI=1S/C17H10Cl2O4/c1-9(20)22-11-5-6-15-10(7-11)8-12(17(21)23-15)16-13(18)3-2-4-14(16)19/h2-8H,1H3. The van der Waals surface area contributed by atoms with Crippen molar-refractivity contribution in [3.8, 4) is 16.9 Å². The molecule has 0 unspecified atom stereocenters. The van der Waals surface area contributed by atoms with Gasteiger partial charge in [0, 0.05) is 17.9 Å². The lowest BCUT2D eigenvalue weighted by Gasteiger charge is -2.08. The SMILES string of the molecule is CC(=O)Oc1ccc2oc(=O)c(-c3c(Cl)cccc3Cl)cc2c1. The number of hydrogen-bond donors (Lipinski definition) is 0. The van der Waals surface area contributed by atoms with E-state index < -0.39 is 11.6 Å². The van der Waals surface area contributed by atoms with Crippen LogP contribution in [0, 0.1) is 0 Å². The maximum absolute atomic E-state index is 12.2. The van der Waals surface area contributed by atoms with Crippen LogP contribution in [-0.4, -0.2) is 5.97 Å². The summed E-state index contributed by atoms with van der Waals surface area (Å²) in [5.41, 5.74) is 0.475. The number of carbonyl (C=O) groups is 1. The number of rotatable bonds is 2. The van der Waals surface area contributed by atoms with Crippen molar-refractivity contribution in [2.24, 2.45) is 0 Å². The monoisotopic (exact) mass is 348 g/mol. The van der Waals surface area contributed by atoms with Crippen LogP contribution in [0.15, 0.2) is 51.7 Å². The Hall–Kier alpha value is -2.30. The van der Waals surface area contributed by atoms with E-state index in [1.54, 1.807) is 42.5 Å². The number of esters is 1. The van der Waals surface area contributed by atoms with Crippen LogP contribution < -0.4 is 10.4 Å². The highest BCUT2D eigenvalue weighted by Crippen LogP contribution is 2.34. The van der Waals surface area contributed by atoms with Gasteiger partial charge in [0.2, 0.25) is 0 Å². The van der Waals surface area contributed by atoms with Crippen LogP contribution in [0.5, 0.6) is 5.75 Å². The molecule has 0 atom stereocenters. The van der Waals surface area contributed by atoms with Crippen LogP contribution >= 0.6 is 23.2 Å². The van der Waals surface area contributed by atoms with E-state index in [1.165, 1.54) is 6.92 Å². The molecule has 1 heterocycles. The van der Waals surface area contributed by atoms with E-state index in [0.29, 0.717) is 32.3 Å². The van der Waals surface area contributed by atoms with E-state index in [4.69, 9.17) is 32.4 Å². The van der Waals surface area contributed by atoms with Gasteiger partial charge in [-0.15, -0.1) is 0 Å². The zero-order valence-corrected chi connectivity index (χ0v) is 13.4. The molecule has 0 saturated heterocycles. The van der Waals surface area contributed by atoms with Crippen molar-refractivity contribution in [1.29, 1.82) is 0 Å². The molecule has 116 valence electrons. The molecule has 6 heteroatoms. The highest BCUT2D eigenvalue weighted by molar-refractivity contribution is 6.39. The van der Waals surface area contributed by atoms with E-state index in [1.807, 2.05) is 0 Å². The molecule has 0 spiro atoms. The molecule has 2 aromatic carbocycles. The zero-order chi connectivity index (χ0) is 16.6. The first-order valence-corrected chi connectivity index (χ1v) is 7.42. The van der Waals surface area contributed by atoms with Crippen LogP contribution in [0.2, 0.25) is 10.0 Å². The van der Waals surface area contributed by atoms with Crippen LogP contribution in [0.25, 0.3) is 22.1 Å². The van der Waals surface area contributed by atoms with Crippen molar-refractivity contribution in [2.45, 2.75) is 6.92 Å². The van der Waals surface area contributed by atoms with Gasteiger partial charge in [-0.05, 0) is 36.4 Å². The lowest BCUT2D eigenvalue weighted by Crippen LogP contribution is -2.04. The number of ether oxygens (including phenoxy) is 1. The van der Waals surface area contributed by atoms with Gasteiger partial charge >= 0.3 is 11.6 Å². The van der Waals surface area contributed by atoms with Gasteiger partial charge in [-0.2, -0.15) is 0 Å². The van der Waals surface area contributed by atoms with E-state index >= 15 is 0 Å². The van der Waals surface area contributed by atoms with Gasteiger partial charge in [0.15, 0.2) is 0 Å². The van der Waals surface area contributed by atoms with Gasteiger partial charge in [-0.1, -0.05) is 29.3 Å². The highest BCUT2D eigenvalue weighted by Gasteiger charge is 2.15. The molecule has 0 fully saturated rings. The Bertz CT molecular complexity index is 956. The van der Waals surface area contributed by atoms with Gasteiger partial charge in [-0.25, -0.2) is 4.79 Å². The Kier molecular flexibility index (Phi) is 4.11. The zero-order valence-electron chi connectivity index (χ0n) is 11.9. The van der Waals surface area contributed by atoms with Gasteiger partial charge in [0.25, 0.3) is 0 Å². The second kappa shape index (κ2) is 6.07. The summed E-state index contributed by atoms with van der Waals surface area (Å²) in [6, 6.07) is 11.3. The minimum absolute atomic E-state index is 0.244. The van der Waals surface area contributed by atoms with Crippen molar-refractivity contribution < 1.29 is 13.9 Å². The molecule has 0 aliphatic rings. The third kappa shape index (κ3) is 3.09. The Balaban J connectivity index is 2.23. The molecule has 0 amide bonds. The summed E-state index contributed by atoms with van der Waals surface area (Å²) in [6.45, 7) is 1.31. The van der Waals surface area contributed by atoms with Crippen LogP contribution in [0.1, 0.15) is 6.92 Å². The summed E-state index contributed by atoms with van der Waals surface area (Å²) >= 11 is 12.3. The molecule has 4 nitrogen and oxygen atoms in total. The summed E-state index contributed by atoms with van der Waals surface area (Å²) in [5.74, 6) is -0.0776. The topological polar surface area (TPSA) is 56.5 Å². The Morgan fingerprint density at radius 2 is 1.78 bits per heavy atom. The first-order chi connectivity index (χ1) is 11.0. The van der Waals surface area contributed by atoms with Crippen molar-refractivity contribution in [3.05, 3.63) is 62.9 Å². The fraction of sp³-hybridized carbons (Fsp3) is 0.0588. The summed E-state index contributed by atoms with van der Waals surface area (Å²) in [5, 5.41) is 1.29. The third-order valence-electron chi connectivity index (χ3n) is 3.20. The average molecular weight is 349 g/mol. The lowest BCUT2D eigenvalue weighted by molar-refractivity contribution is -0.131. The quantitative estimate of drug-likeness (QED) is 0.383. The van der Waals surface area contributed by atoms with Crippen molar-refractivity contribution in [3.63, 3.8) is 0 Å². The smallest absolute Gasteiger partial charge is 0.344 e. The molecule has 0 aliphatic heterocycles. The minimum Gasteiger partial charge on any atom is -0.427 e. The molecular weight excluding hydrogens is 339 g/mol. The minimum atomic E-state index is -0.548. The van der Waals surface area contributed by atoms with Crippen LogP contribution in [-0.2, 0) is 4.79 Å². The lowest BCUT2D eigenvalue weighted by atomic mass is 10.1. The second-order valence-electron chi connectivity index (χ2n) is 4.84. The fourth-order valence-corrected chi connectivity index (χ4v) is 2.86. The molecule has 0 radical (unpaired) electrons. The summed E-state index contributed by atoms with van der Waals surface area (Å²) in [7, 11) is 0. The van der Waals surface area contributed by atoms with Gasteiger partial charge in [0.05, 0.1) is 15.6 Å². The molecule has 0 aliphatic carbocycles. The predicted molar refractivity (Wildman–Crippen MR) is 89.2 cm³/mol. The van der Waals surface area contributed by atoms with Gasteiger partial charge < -0.3 is 9.15 Å². The molecule has 3 aromatic rings. The summed E-state index contributed by atoms with van der Waals surface area (Å²) in [6.07, 6.45) is 0. The maximum atomic E-state index is 12.2. The van der Waals surface area contributed by atoms with E-state index in [9.17, 15) is 9.59 Å². The molecule has 0 saturated carbocycles. The molecule has 3 rings (SSSR count). The molecular formula is C17H10Cl2O4. The maximum Gasteiger partial charge on any atom is 0.344 e. The predicted octanol–water partition coefficient (Wildman–Crippen LogP) is 4.69. The number of fused-ring (bicyclic) bond motifs is 1. The third-order valence-corrected chi connectivity index (χ3v) is 3.83. The van der Waals surface area contributed by atoms with Gasteiger partial charge in [0.1, 0.15) is 11.3 Å². The highest BCUT2D eigenvalue weighted by atomic mass is 35.5. The molecule has 0 bridgehead atoms. The Morgan fingerprint density at radius 3 is 2.43 bits per heavy atom. The molecule has 0 N–H and O–H groups in total. The first kappa shape index (κ1) is 15.6. The van der Waals surface area contributed by atoms with E-state index in [-0.39, 0.29) is 5.56 Å². The van der Waals surface area contributed by atoms with Gasteiger partial charge in [-0.3, -0.25) is 4.79 Å². The van der Waals surface area contributed by atoms with Crippen molar-refractivity contribution in [1.82, 2.24) is 0 Å². The number of hydrogen-bond acceptors (Lipinski definition) is 4. The Labute approximate surface area is 141 Å². The molecule has 23 heavy (non-hydrogen) atoms. The second-order valence-corrected chi connectivity index (χ2v) is 5.65. The fourth-order valence-electron chi connectivity index (χ4n) is 2.26. The van der Waals surface area contributed by atoms with Crippen molar-refractivity contribution >= 4 is 40.1 Å². The number of halogens is 2. The normalized spacial score (nSPS) is 10.7. The van der Waals surface area contributed by atoms with Crippen LogP contribution in [0.3, 0.4) is 0 Å². The average Bonchev–Trinajstić information content (AvgIpc) is 2.47. The molecule has 1 aromatic heterocycles.